The highest BCUT2D eigenvalue weighted by Gasteiger charge is 2.12. The number of hydrogen-bond acceptors (Lipinski definition) is 5. The lowest BCUT2D eigenvalue weighted by molar-refractivity contribution is -0.389. The van der Waals surface area contributed by atoms with Crippen LogP contribution >= 0.6 is 0 Å². The highest BCUT2D eigenvalue weighted by Crippen LogP contribution is 2.11. The summed E-state index contributed by atoms with van der Waals surface area (Å²) in [4.78, 5) is 12.8. The van der Waals surface area contributed by atoms with Crippen molar-refractivity contribution in [1.82, 2.24) is 4.98 Å². The molecule has 0 unspecified atom stereocenters. The summed E-state index contributed by atoms with van der Waals surface area (Å²) in [6.45, 7) is 0. The number of sulfone groups is 1. The molecule has 1 aromatic rings. The van der Waals surface area contributed by atoms with Gasteiger partial charge in [0.2, 0.25) is 0 Å². The molecule has 0 atom stereocenters. The minimum atomic E-state index is -3.33. The fraction of sp³-hybridized carbons (Fsp3) is 0.167. The second-order valence-electron chi connectivity index (χ2n) is 2.38. The Balaban J connectivity index is 3.16. The van der Waals surface area contributed by atoms with E-state index < -0.39 is 14.8 Å². The minimum absolute atomic E-state index is 0.0295. The summed E-state index contributed by atoms with van der Waals surface area (Å²) in [7, 11) is -3.33. The summed E-state index contributed by atoms with van der Waals surface area (Å²) in [5.74, 6) is -0.368. The molecule has 0 amide bonds. The minimum Gasteiger partial charge on any atom is -0.358 e. The zero-order valence-corrected chi connectivity index (χ0v) is 7.48. The molecule has 0 N–H and O–H groups in total. The largest absolute Gasteiger partial charge is 0.363 e. The Kier molecular flexibility index (Phi) is 2.28. The Bertz CT molecular complexity index is 422. The summed E-state index contributed by atoms with van der Waals surface area (Å²) in [6, 6.07) is 2.21. The highest BCUT2D eigenvalue weighted by molar-refractivity contribution is 7.90. The summed E-state index contributed by atoms with van der Waals surface area (Å²) < 4.78 is 21.8. The molecular formula is C6H6N2O4S. The zero-order chi connectivity index (χ0) is 10.1. The van der Waals surface area contributed by atoms with Gasteiger partial charge in [0.05, 0.1) is 0 Å². The molecule has 0 saturated carbocycles. The Hall–Kier alpha value is -1.50. The maximum atomic E-state index is 10.9. The van der Waals surface area contributed by atoms with Crippen LogP contribution in [0.25, 0.3) is 0 Å². The zero-order valence-electron chi connectivity index (χ0n) is 6.67. The van der Waals surface area contributed by atoms with Gasteiger partial charge in [-0.1, -0.05) is 0 Å². The van der Waals surface area contributed by atoms with E-state index >= 15 is 0 Å². The van der Waals surface area contributed by atoms with E-state index in [0.29, 0.717) is 0 Å². The third-order valence-corrected chi connectivity index (χ3v) is 2.43. The SMILES string of the molecule is CS(=O)(=O)c1ccc([N+](=O)[O-])nc1. The fourth-order valence-electron chi connectivity index (χ4n) is 0.700. The standard InChI is InChI=1S/C6H6N2O4S/c1-13(11,12)5-2-3-6(7-4-5)8(9)10/h2-4H,1H3. The van der Waals surface area contributed by atoms with Crippen molar-refractivity contribution in [3.8, 4) is 0 Å². The van der Waals surface area contributed by atoms with Crippen molar-refractivity contribution in [3.05, 3.63) is 28.4 Å². The van der Waals surface area contributed by atoms with Crippen LogP contribution in [0.1, 0.15) is 0 Å². The fourth-order valence-corrected chi connectivity index (χ4v) is 1.26. The first-order valence-electron chi connectivity index (χ1n) is 3.22. The van der Waals surface area contributed by atoms with Crippen LogP contribution in [0.4, 0.5) is 5.82 Å². The van der Waals surface area contributed by atoms with Crippen molar-refractivity contribution in [2.45, 2.75) is 4.90 Å². The molecule has 0 saturated heterocycles. The van der Waals surface area contributed by atoms with Crippen molar-refractivity contribution in [2.24, 2.45) is 0 Å². The van der Waals surface area contributed by atoms with Gasteiger partial charge in [0, 0.05) is 12.3 Å². The van der Waals surface area contributed by atoms with Gasteiger partial charge >= 0.3 is 5.82 Å². The molecule has 0 aromatic carbocycles. The molecule has 70 valence electrons. The molecule has 7 heteroatoms. The summed E-state index contributed by atoms with van der Waals surface area (Å²) >= 11 is 0. The van der Waals surface area contributed by atoms with E-state index in [-0.39, 0.29) is 10.7 Å². The van der Waals surface area contributed by atoms with Crippen molar-refractivity contribution in [1.29, 1.82) is 0 Å². The van der Waals surface area contributed by atoms with Crippen molar-refractivity contribution < 1.29 is 13.3 Å². The molecule has 6 nitrogen and oxygen atoms in total. The van der Waals surface area contributed by atoms with Gasteiger partial charge in [-0.2, -0.15) is 0 Å². The lowest BCUT2D eigenvalue weighted by Gasteiger charge is -1.94. The van der Waals surface area contributed by atoms with E-state index in [2.05, 4.69) is 4.98 Å². The third-order valence-electron chi connectivity index (χ3n) is 1.34. The van der Waals surface area contributed by atoms with Crippen LogP contribution in [0.5, 0.6) is 0 Å². The predicted octanol–water partition coefficient (Wildman–Crippen LogP) is 0.393. The summed E-state index contributed by atoms with van der Waals surface area (Å²) in [5.41, 5.74) is 0. The number of aromatic nitrogens is 1. The second kappa shape index (κ2) is 3.09. The van der Waals surface area contributed by atoms with Crippen LogP contribution in [0.2, 0.25) is 0 Å². The summed E-state index contributed by atoms with van der Waals surface area (Å²) in [6.07, 6.45) is 1.98. The first-order valence-corrected chi connectivity index (χ1v) is 5.11. The average Bonchev–Trinajstić information content (AvgIpc) is 2.03. The molecule has 0 spiro atoms. The van der Waals surface area contributed by atoms with Gasteiger partial charge in [-0.25, -0.2) is 8.42 Å². The first-order chi connectivity index (χ1) is 5.91. The van der Waals surface area contributed by atoms with Crippen molar-refractivity contribution >= 4 is 15.7 Å². The van der Waals surface area contributed by atoms with Gasteiger partial charge in [-0.15, -0.1) is 0 Å². The van der Waals surface area contributed by atoms with E-state index in [0.717, 1.165) is 24.6 Å². The van der Waals surface area contributed by atoms with Gasteiger partial charge < -0.3 is 10.1 Å². The third kappa shape index (κ3) is 2.22. The van der Waals surface area contributed by atoms with E-state index in [9.17, 15) is 18.5 Å². The Morgan fingerprint density at radius 3 is 2.38 bits per heavy atom. The summed E-state index contributed by atoms with van der Waals surface area (Å²) in [5, 5.41) is 10.2. The van der Waals surface area contributed by atoms with E-state index in [1.165, 1.54) is 0 Å². The molecule has 1 aromatic heterocycles. The normalized spacial score (nSPS) is 11.2. The molecule has 13 heavy (non-hydrogen) atoms. The van der Waals surface area contributed by atoms with Crippen LogP contribution in [0.15, 0.2) is 23.2 Å². The van der Waals surface area contributed by atoms with Crippen molar-refractivity contribution in [2.75, 3.05) is 6.26 Å². The van der Waals surface area contributed by atoms with Gasteiger partial charge in [-0.05, 0) is 16.0 Å². The topological polar surface area (TPSA) is 90.2 Å². The second-order valence-corrected chi connectivity index (χ2v) is 4.40. The average molecular weight is 202 g/mol. The van der Waals surface area contributed by atoms with Crippen LogP contribution in [-0.4, -0.2) is 24.6 Å². The highest BCUT2D eigenvalue weighted by atomic mass is 32.2. The Morgan fingerprint density at radius 2 is 2.08 bits per heavy atom. The monoisotopic (exact) mass is 202 g/mol. The molecule has 0 bridgehead atoms. The number of nitrogens with zero attached hydrogens (tertiary/aromatic N) is 2. The number of pyridine rings is 1. The molecule has 0 aliphatic rings. The van der Waals surface area contributed by atoms with Gasteiger partial charge in [0.1, 0.15) is 4.90 Å². The lowest BCUT2D eigenvalue weighted by Crippen LogP contribution is -1.99. The van der Waals surface area contributed by atoms with Gasteiger partial charge in [0.15, 0.2) is 16.0 Å². The van der Waals surface area contributed by atoms with Crippen LogP contribution < -0.4 is 0 Å². The Morgan fingerprint density at radius 1 is 1.46 bits per heavy atom. The van der Waals surface area contributed by atoms with Crippen LogP contribution in [0, 0.1) is 10.1 Å². The van der Waals surface area contributed by atoms with Crippen LogP contribution in [0.3, 0.4) is 0 Å². The van der Waals surface area contributed by atoms with Crippen molar-refractivity contribution in [3.63, 3.8) is 0 Å². The lowest BCUT2D eigenvalue weighted by atomic mass is 10.5. The van der Waals surface area contributed by atoms with E-state index in [1.807, 2.05) is 0 Å². The maximum Gasteiger partial charge on any atom is 0.363 e. The molecule has 0 fully saturated rings. The van der Waals surface area contributed by atoms with E-state index in [1.54, 1.807) is 0 Å². The molecule has 0 aliphatic heterocycles. The van der Waals surface area contributed by atoms with E-state index in [4.69, 9.17) is 0 Å². The smallest absolute Gasteiger partial charge is 0.358 e. The molecular weight excluding hydrogens is 196 g/mol. The van der Waals surface area contributed by atoms with Gasteiger partial charge in [-0.3, -0.25) is 0 Å². The maximum absolute atomic E-state index is 10.9. The molecule has 0 radical (unpaired) electrons. The molecule has 1 rings (SSSR count). The number of nitro groups is 1. The molecule has 1 heterocycles. The number of rotatable bonds is 2. The number of hydrogen-bond donors (Lipinski definition) is 0. The predicted molar refractivity (Wildman–Crippen MR) is 44.0 cm³/mol. The quantitative estimate of drug-likeness (QED) is 0.511. The first kappa shape index (κ1) is 9.59. The Labute approximate surface area is 74.3 Å². The van der Waals surface area contributed by atoms with Crippen LogP contribution in [-0.2, 0) is 9.84 Å². The van der Waals surface area contributed by atoms with Gasteiger partial charge in [0.25, 0.3) is 0 Å². The molecule has 0 aliphatic carbocycles.